The van der Waals surface area contributed by atoms with E-state index >= 15 is 0 Å². The number of hydrogen-bond donors (Lipinski definition) is 2. The number of hydrogen-bond acceptors (Lipinski definition) is 3. The summed E-state index contributed by atoms with van der Waals surface area (Å²) < 4.78 is 0. The molecule has 2 aromatic carbocycles. The summed E-state index contributed by atoms with van der Waals surface area (Å²) in [4.78, 5) is 14.1. The van der Waals surface area contributed by atoms with Crippen molar-refractivity contribution >= 4 is 11.6 Å². The van der Waals surface area contributed by atoms with Gasteiger partial charge in [-0.25, -0.2) is 0 Å². The second-order valence-electron chi connectivity index (χ2n) is 5.18. The molecular formula is C17H17NO3. The number of carbonyl (C=O) groups excluding carboxylic acids is 1. The van der Waals surface area contributed by atoms with Crippen LogP contribution in [0, 0.1) is 5.92 Å². The van der Waals surface area contributed by atoms with Crippen molar-refractivity contribution in [1.82, 2.24) is 0 Å². The van der Waals surface area contributed by atoms with Gasteiger partial charge in [-0.1, -0.05) is 48.5 Å². The number of nitrogens with zero attached hydrogens (tertiary/aromatic N) is 1. The molecule has 0 unspecified atom stereocenters. The Bertz CT molecular complexity index is 614. The lowest BCUT2D eigenvalue weighted by Crippen LogP contribution is -2.60. The zero-order valence-electron chi connectivity index (χ0n) is 11.5. The van der Waals surface area contributed by atoms with E-state index in [-0.39, 0.29) is 11.9 Å². The molecule has 1 heterocycles. The van der Waals surface area contributed by atoms with Gasteiger partial charge in [0.15, 0.2) is 0 Å². The van der Waals surface area contributed by atoms with Gasteiger partial charge >= 0.3 is 0 Å². The van der Waals surface area contributed by atoms with Gasteiger partial charge in [0, 0.05) is 5.69 Å². The number of aliphatic hydroxyl groups is 2. The molecule has 0 saturated carbocycles. The summed E-state index contributed by atoms with van der Waals surface area (Å²) in [5.74, 6) is -0.755. The third-order valence-electron chi connectivity index (χ3n) is 3.92. The van der Waals surface area contributed by atoms with E-state index in [1.54, 1.807) is 4.90 Å². The van der Waals surface area contributed by atoms with Crippen LogP contribution >= 0.6 is 0 Å². The average molecular weight is 283 g/mol. The number of para-hydroxylation sites is 1. The monoisotopic (exact) mass is 283 g/mol. The van der Waals surface area contributed by atoms with E-state index in [2.05, 4.69) is 0 Å². The van der Waals surface area contributed by atoms with Crippen molar-refractivity contribution in [3.8, 4) is 0 Å². The first-order chi connectivity index (χ1) is 10.2. The largest absolute Gasteiger partial charge is 0.394 e. The van der Waals surface area contributed by atoms with Gasteiger partial charge in [-0.05, 0) is 17.7 Å². The number of benzene rings is 2. The van der Waals surface area contributed by atoms with Crippen LogP contribution in [0.1, 0.15) is 11.6 Å². The highest BCUT2D eigenvalue weighted by Crippen LogP contribution is 2.44. The second-order valence-corrected chi connectivity index (χ2v) is 5.18. The summed E-state index contributed by atoms with van der Waals surface area (Å²) >= 11 is 0. The first-order valence-electron chi connectivity index (χ1n) is 6.96. The lowest BCUT2D eigenvalue weighted by atomic mass is 9.78. The molecule has 1 aliphatic heterocycles. The molecule has 3 atom stereocenters. The number of carbonyl (C=O) groups is 1. The maximum Gasteiger partial charge on any atom is 0.235 e. The molecule has 1 aliphatic rings. The number of aliphatic hydroxyl groups excluding tert-OH is 2. The van der Waals surface area contributed by atoms with Crippen LogP contribution in [0.4, 0.5) is 5.69 Å². The van der Waals surface area contributed by atoms with Crippen LogP contribution in [0.25, 0.3) is 0 Å². The predicted octanol–water partition coefficient (Wildman–Crippen LogP) is 1.74. The smallest absolute Gasteiger partial charge is 0.235 e. The Morgan fingerprint density at radius 1 is 1.00 bits per heavy atom. The van der Waals surface area contributed by atoms with Crippen LogP contribution in [0.5, 0.6) is 0 Å². The topological polar surface area (TPSA) is 60.8 Å². The Morgan fingerprint density at radius 3 is 2.14 bits per heavy atom. The molecule has 0 aliphatic carbocycles. The fourth-order valence-corrected chi connectivity index (χ4v) is 2.88. The minimum Gasteiger partial charge on any atom is -0.394 e. The summed E-state index contributed by atoms with van der Waals surface area (Å²) in [6.45, 7) is -0.414. The van der Waals surface area contributed by atoms with Gasteiger partial charge in [-0.3, -0.25) is 4.79 Å². The highest BCUT2D eigenvalue weighted by Gasteiger charge is 2.51. The number of rotatable bonds is 4. The lowest BCUT2D eigenvalue weighted by molar-refractivity contribution is -0.137. The van der Waals surface area contributed by atoms with Gasteiger partial charge in [0.05, 0.1) is 24.7 Å². The fourth-order valence-electron chi connectivity index (χ4n) is 2.88. The van der Waals surface area contributed by atoms with Gasteiger partial charge in [-0.2, -0.15) is 0 Å². The molecule has 108 valence electrons. The minimum atomic E-state index is -1.04. The Morgan fingerprint density at radius 2 is 1.57 bits per heavy atom. The van der Waals surface area contributed by atoms with Crippen molar-refractivity contribution in [3.05, 3.63) is 66.2 Å². The molecule has 2 N–H and O–H groups in total. The standard InChI is InChI=1S/C17H17NO3/c19-11-14(20)15-16(12-7-3-1-4-8-12)18(17(15)21)13-9-5-2-6-10-13/h1-10,14-16,19-20H,11H2/t14-,15+,16+/m0/s1. The van der Waals surface area contributed by atoms with Crippen molar-refractivity contribution in [2.24, 2.45) is 5.92 Å². The van der Waals surface area contributed by atoms with Gasteiger partial charge in [0.2, 0.25) is 5.91 Å². The van der Waals surface area contributed by atoms with E-state index in [0.717, 1.165) is 11.3 Å². The molecule has 1 amide bonds. The third-order valence-corrected chi connectivity index (χ3v) is 3.92. The lowest BCUT2D eigenvalue weighted by Gasteiger charge is -2.48. The zero-order chi connectivity index (χ0) is 14.8. The SMILES string of the molecule is O=C1[C@H]([C@@H](O)CO)[C@@H](c2ccccc2)N1c1ccccc1. The van der Waals surface area contributed by atoms with E-state index in [4.69, 9.17) is 0 Å². The molecule has 0 bridgehead atoms. The van der Waals surface area contributed by atoms with Crippen molar-refractivity contribution < 1.29 is 15.0 Å². The molecule has 0 radical (unpaired) electrons. The Labute approximate surface area is 123 Å². The molecule has 4 heteroatoms. The van der Waals surface area contributed by atoms with Gasteiger partial charge in [0.1, 0.15) is 0 Å². The molecule has 0 spiro atoms. The fraction of sp³-hybridized carbons (Fsp3) is 0.235. The van der Waals surface area contributed by atoms with Crippen LogP contribution in [-0.2, 0) is 4.79 Å². The van der Waals surface area contributed by atoms with E-state index in [1.807, 2.05) is 60.7 Å². The third kappa shape index (κ3) is 2.33. The summed E-state index contributed by atoms with van der Waals surface area (Å²) in [6.07, 6.45) is -1.04. The van der Waals surface area contributed by atoms with E-state index in [1.165, 1.54) is 0 Å². The van der Waals surface area contributed by atoms with E-state index in [9.17, 15) is 15.0 Å². The average Bonchev–Trinajstić information content (AvgIpc) is 2.54. The van der Waals surface area contributed by atoms with E-state index < -0.39 is 18.6 Å². The maximum atomic E-state index is 12.4. The van der Waals surface area contributed by atoms with Crippen LogP contribution in [0.15, 0.2) is 60.7 Å². The van der Waals surface area contributed by atoms with Crippen molar-refractivity contribution in [1.29, 1.82) is 0 Å². The van der Waals surface area contributed by atoms with Crippen LogP contribution in [-0.4, -0.2) is 28.8 Å². The molecule has 3 rings (SSSR count). The molecular weight excluding hydrogens is 266 g/mol. The Hall–Kier alpha value is -2.17. The molecule has 2 aromatic rings. The van der Waals surface area contributed by atoms with Crippen LogP contribution < -0.4 is 4.90 Å². The summed E-state index contributed by atoms with van der Waals surface area (Å²) in [6, 6.07) is 18.7. The minimum absolute atomic E-state index is 0.156. The molecule has 21 heavy (non-hydrogen) atoms. The second kappa shape index (κ2) is 5.68. The predicted molar refractivity (Wildman–Crippen MR) is 79.7 cm³/mol. The number of amides is 1. The van der Waals surface area contributed by atoms with Crippen LogP contribution in [0.2, 0.25) is 0 Å². The molecule has 1 fully saturated rings. The van der Waals surface area contributed by atoms with Gasteiger partial charge < -0.3 is 15.1 Å². The Kier molecular flexibility index (Phi) is 3.73. The highest BCUT2D eigenvalue weighted by molar-refractivity contribution is 6.03. The van der Waals surface area contributed by atoms with Crippen molar-refractivity contribution in [2.75, 3.05) is 11.5 Å². The Balaban J connectivity index is 1.98. The molecule has 4 nitrogen and oxygen atoms in total. The summed E-state index contributed by atoms with van der Waals surface area (Å²) in [5.41, 5.74) is 1.76. The normalized spacial score (nSPS) is 22.8. The van der Waals surface area contributed by atoms with E-state index in [0.29, 0.717) is 0 Å². The highest BCUT2D eigenvalue weighted by atomic mass is 16.3. The summed E-state index contributed by atoms with van der Waals surface area (Å²) in [7, 11) is 0. The molecule has 0 aromatic heterocycles. The van der Waals surface area contributed by atoms with Gasteiger partial charge in [-0.15, -0.1) is 0 Å². The van der Waals surface area contributed by atoms with Crippen molar-refractivity contribution in [2.45, 2.75) is 12.1 Å². The zero-order valence-corrected chi connectivity index (χ0v) is 11.5. The summed E-state index contributed by atoms with van der Waals surface area (Å²) in [5, 5.41) is 19.1. The quantitative estimate of drug-likeness (QED) is 0.840. The number of β-lactam (4-membered cyclic amide) rings is 1. The van der Waals surface area contributed by atoms with Gasteiger partial charge in [0.25, 0.3) is 0 Å². The van der Waals surface area contributed by atoms with Crippen LogP contribution in [0.3, 0.4) is 0 Å². The maximum absolute atomic E-state index is 12.4. The van der Waals surface area contributed by atoms with Crippen molar-refractivity contribution in [3.63, 3.8) is 0 Å². The number of anilines is 1. The molecule has 1 saturated heterocycles. The first kappa shape index (κ1) is 13.8. The first-order valence-corrected chi connectivity index (χ1v) is 6.96.